The van der Waals surface area contributed by atoms with Crippen molar-refractivity contribution in [3.8, 4) is 11.5 Å². The molecular weight excluding hydrogens is 320 g/mol. The van der Waals surface area contributed by atoms with Gasteiger partial charge in [0.1, 0.15) is 11.5 Å². The van der Waals surface area contributed by atoms with Crippen molar-refractivity contribution in [1.29, 1.82) is 0 Å². The Morgan fingerprint density at radius 2 is 1.65 bits per heavy atom. The summed E-state index contributed by atoms with van der Waals surface area (Å²) in [6.45, 7) is 1.07. The number of rotatable bonds is 6. The van der Waals surface area contributed by atoms with Crippen LogP contribution in [-0.2, 0) is 18.0 Å². The third kappa shape index (κ3) is 3.99. The third-order valence-electron chi connectivity index (χ3n) is 2.91. The maximum absolute atomic E-state index is 5.74. The van der Waals surface area contributed by atoms with Crippen LogP contribution in [0.2, 0.25) is 0 Å². The molecule has 0 saturated carbocycles. The first kappa shape index (κ1) is 14.9. The van der Waals surface area contributed by atoms with Gasteiger partial charge in [-0.1, -0.05) is 28.1 Å². The van der Waals surface area contributed by atoms with E-state index in [4.69, 9.17) is 14.2 Å². The molecular formula is C16H17BrO3. The lowest BCUT2D eigenvalue weighted by Gasteiger charge is -2.09. The second-order valence-corrected chi connectivity index (χ2v) is 5.16. The summed E-state index contributed by atoms with van der Waals surface area (Å²) in [6, 6.07) is 13.7. The minimum absolute atomic E-state index is 0.523. The molecule has 4 heteroatoms. The number of hydrogen-bond acceptors (Lipinski definition) is 3. The van der Waals surface area contributed by atoms with Crippen LogP contribution in [0.5, 0.6) is 11.5 Å². The molecule has 3 nitrogen and oxygen atoms in total. The normalized spacial score (nSPS) is 10.3. The number of hydrogen-bond donors (Lipinski definition) is 0. The van der Waals surface area contributed by atoms with Crippen molar-refractivity contribution in [3.63, 3.8) is 0 Å². The van der Waals surface area contributed by atoms with Crippen LogP contribution in [0.3, 0.4) is 0 Å². The van der Waals surface area contributed by atoms with Gasteiger partial charge in [0, 0.05) is 4.47 Å². The van der Waals surface area contributed by atoms with E-state index in [1.807, 2.05) is 42.5 Å². The highest BCUT2D eigenvalue weighted by atomic mass is 79.9. The number of benzene rings is 2. The summed E-state index contributed by atoms with van der Waals surface area (Å²) in [6.07, 6.45) is 0. The molecule has 106 valence electrons. The fourth-order valence-electron chi connectivity index (χ4n) is 1.83. The van der Waals surface area contributed by atoms with Gasteiger partial charge >= 0.3 is 0 Å². The molecule has 20 heavy (non-hydrogen) atoms. The van der Waals surface area contributed by atoms with Crippen LogP contribution >= 0.6 is 15.9 Å². The highest BCUT2D eigenvalue weighted by molar-refractivity contribution is 9.10. The van der Waals surface area contributed by atoms with E-state index < -0.39 is 0 Å². The predicted molar refractivity (Wildman–Crippen MR) is 82.2 cm³/mol. The zero-order valence-electron chi connectivity index (χ0n) is 11.6. The van der Waals surface area contributed by atoms with Crippen LogP contribution in [0.4, 0.5) is 0 Å². The molecule has 0 unspecified atom stereocenters. The van der Waals surface area contributed by atoms with E-state index in [2.05, 4.69) is 15.9 Å². The molecule has 0 radical (unpaired) electrons. The van der Waals surface area contributed by atoms with E-state index in [1.54, 1.807) is 14.2 Å². The van der Waals surface area contributed by atoms with Crippen LogP contribution in [0.1, 0.15) is 11.1 Å². The minimum atomic E-state index is 0.523. The van der Waals surface area contributed by atoms with Gasteiger partial charge in [-0.25, -0.2) is 0 Å². The first-order valence-corrected chi connectivity index (χ1v) is 7.05. The Bertz CT molecular complexity index is 569. The summed E-state index contributed by atoms with van der Waals surface area (Å²) in [4.78, 5) is 0. The molecule has 0 heterocycles. The Morgan fingerprint density at radius 3 is 2.40 bits per heavy atom. The number of halogens is 1. The van der Waals surface area contributed by atoms with E-state index in [-0.39, 0.29) is 0 Å². The second kappa shape index (κ2) is 7.31. The maximum Gasteiger partial charge on any atom is 0.119 e. The van der Waals surface area contributed by atoms with E-state index in [0.717, 1.165) is 27.1 Å². The number of methoxy groups -OCH3 is 2. The molecule has 0 spiro atoms. The molecule has 2 rings (SSSR count). The monoisotopic (exact) mass is 336 g/mol. The van der Waals surface area contributed by atoms with Crippen LogP contribution in [0.25, 0.3) is 0 Å². The number of ether oxygens (including phenoxy) is 3. The average molecular weight is 337 g/mol. The SMILES string of the molecule is COc1cccc(COCc2cc(OC)ccc2Br)c1. The van der Waals surface area contributed by atoms with Crippen molar-refractivity contribution in [2.75, 3.05) is 14.2 Å². The molecule has 0 fully saturated rings. The summed E-state index contributed by atoms with van der Waals surface area (Å²) in [5.74, 6) is 1.67. The largest absolute Gasteiger partial charge is 0.497 e. The van der Waals surface area contributed by atoms with Gasteiger partial charge in [0.15, 0.2) is 0 Å². The molecule has 0 saturated heterocycles. The second-order valence-electron chi connectivity index (χ2n) is 4.30. The fourth-order valence-corrected chi connectivity index (χ4v) is 2.19. The van der Waals surface area contributed by atoms with Gasteiger partial charge in [0.05, 0.1) is 27.4 Å². The van der Waals surface area contributed by atoms with Crippen LogP contribution in [-0.4, -0.2) is 14.2 Å². The Kier molecular flexibility index (Phi) is 5.44. The lowest BCUT2D eigenvalue weighted by atomic mass is 10.2. The highest BCUT2D eigenvalue weighted by Gasteiger charge is 2.03. The van der Waals surface area contributed by atoms with Gasteiger partial charge in [-0.3, -0.25) is 0 Å². The Labute approximate surface area is 127 Å². The van der Waals surface area contributed by atoms with Crippen molar-refractivity contribution in [2.24, 2.45) is 0 Å². The first-order chi connectivity index (χ1) is 9.72. The average Bonchev–Trinajstić information content (AvgIpc) is 2.49. The topological polar surface area (TPSA) is 27.7 Å². The zero-order valence-corrected chi connectivity index (χ0v) is 13.1. The quantitative estimate of drug-likeness (QED) is 0.791. The van der Waals surface area contributed by atoms with E-state index in [9.17, 15) is 0 Å². The van der Waals surface area contributed by atoms with E-state index >= 15 is 0 Å². The molecule has 0 aliphatic carbocycles. The Morgan fingerprint density at radius 1 is 0.900 bits per heavy atom. The Hall–Kier alpha value is -1.52. The minimum Gasteiger partial charge on any atom is -0.497 e. The molecule has 0 amide bonds. The zero-order chi connectivity index (χ0) is 14.4. The lowest BCUT2D eigenvalue weighted by molar-refractivity contribution is 0.106. The van der Waals surface area contributed by atoms with Crippen LogP contribution in [0, 0.1) is 0 Å². The first-order valence-electron chi connectivity index (χ1n) is 6.26. The van der Waals surface area contributed by atoms with E-state index in [0.29, 0.717) is 13.2 Å². The molecule has 0 N–H and O–H groups in total. The van der Waals surface area contributed by atoms with Crippen molar-refractivity contribution >= 4 is 15.9 Å². The Balaban J connectivity index is 1.95. The van der Waals surface area contributed by atoms with Gasteiger partial charge < -0.3 is 14.2 Å². The molecule has 0 atom stereocenters. The summed E-state index contributed by atoms with van der Waals surface area (Å²) in [5, 5.41) is 0. The summed E-state index contributed by atoms with van der Waals surface area (Å²) >= 11 is 3.51. The van der Waals surface area contributed by atoms with Crippen LogP contribution < -0.4 is 9.47 Å². The predicted octanol–water partition coefficient (Wildman–Crippen LogP) is 4.18. The third-order valence-corrected chi connectivity index (χ3v) is 3.69. The lowest BCUT2D eigenvalue weighted by Crippen LogP contribution is -1.96. The van der Waals surface area contributed by atoms with Gasteiger partial charge in [0.2, 0.25) is 0 Å². The fraction of sp³-hybridized carbons (Fsp3) is 0.250. The molecule has 2 aromatic rings. The maximum atomic E-state index is 5.74. The van der Waals surface area contributed by atoms with Crippen molar-refractivity contribution < 1.29 is 14.2 Å². The van der Waals surface area contributed by atoms with Crippen molar-refractivity contribution in [2.45, 2.75) is 13.2 Å². The summed E-state index contributed by atoms with van der Waals surface area (Å²) in [5.41, 5.74) is 2.15. The highest BCUT2D eigenvalue weighted by Crippen LogP contribution is 2.23. The smallest absolute Gasteiger partial charge is 0.119 e. The van der Waals surface area contributed by atoms with Gasteiger partial charge in [-0.05, 0) is 41.5 Å². The van der Waals surface area contributed by atoms with Gasteiger partial charge in [-0.15, -0.1) is 0 Å². The molecule has 0 aliphatic rings. The van der Waals surface area contributed by atoms with Gasteiger partial charge in [0.25, 0.3) is 0 Å². The van der Waals surface area contributed by atoms with Crippen molar-refractivity contribution in [3.05, 3.63) is 58.1 Å². The molecule has 0 aromatic heterocycles. The van der Waals surface area contributed by atoms with Gasteiger partial charge in [-0.2, -0.15) is 0 Å². The van der Waals surface area contributed by atoms with Crippen molar-refractivity contribution in [1.82, 2.24) is 0 Å². The molecule has 0 bridgehead atoms. The molecule has 2 aromatic carbocycles. The van der Waals surface area contributed by atoms with E-state index in [1.165, 1.54) is 0 Å². The summed E-state index contributed by atoms with van der Waals surface area (Å²) < 4.78 is 17.2. The molecule has 0 aliphatic heterocycles. The summed E-state index contributed by atoms with van der Waals surface area (Å²) in [7, 11) is 3.32. The van der Waals surface area contributed by atoms with Crippen LogP contribution in [0.15, 0.2) is 46.9 Å². The standard InChI is InChI=1S/C16H17BrO3/c1-18-14-5-3-4-12(8-14)10-20-11-13-9-15(19-2)6-7-16(13)17/h3-9H,10-11H2,1-2H3.